The molecule has 2 rings (SSSR count). The number of thiophene rings is 1. The number of hydrogen-bond donors (Lipinski definition) is 0. The van der Waals surface area contributed by atoms with Gasteiger partial charge in [0, 0.05) is 6.07 Å². The van der Waals surface area contributed by atoms with E-state index in [0.29, 0.717) is 6.07 Å². The Hall–Kier alpha value is -1.52. The molecule has 1 heterocycles. The zero-order chi connectivity index (χ0) is 15.6. The van der Waals surface area contributed by atoms with Gasteiger partial charge in [-0.15, -0.1) is 11.3 Å². The minimum atomic E-state index is -4.86. The van der Waals surface area contributed by atoms with Gasteiger partial charge in [0.05, 0.1) is 18.9 Å². The molecule has 1 aromatic heterocycles. The van der Waals surface area contributed by atoms with Crippen LogP contribution in [0.25, 0.3) is 0 Å². The average Bonchev–Trinajstić information content (AvgIpc) is 2.91. The van der Waals surface area contributed by atoms with Crippen LogP contribution in [0, 0.1) is 10.1 Å². The van der Waals surface area contributed by atoms with E-state index in [1.807, 2.05) is 0 Å². The predicted molar refractivity (Wildman–Crippen MR) is 74.7 cm³/mol. The molecule has 2 aromatic rings. The van der Waals surface area contributed by atoms with E-state index in [9.17, 15) is 27.3 Å². The third kappa shape index (κ3) is 3.39. The van der Waals surface area contributed by atoms with Crippen molar-refractivity contribution in [1.82, 2.24) is 0 Å². The molecule has 0 saturated carbocycles. The molecule has 21 heavy (non-hydrogen) atoms. The largest absolute Gasteiger partial charge is 0.341 e. The summed E-state index contributed by atoms with van der Waals surface area (Å²) < 4.78 is 48.4. The molecule has 0 fully saturated rings. The van der Waals surface area contributed by atoms with Crippen molar-refractivity contribution >= 4 is 38.6 Å². The lowest BCUT2D eigenvalue weighted by molar-refractivity contribution is -0.388. The number of nitrogens with zero attached hydrogens (tertiary/aromatic N) is 1. The number of nitro groups is 1. The Bertz CT molecular complexity index is 760. The smallest absolute Gasteiger partial charge is 0.258 e. The molecule has 0 bridgehead atoms. The highest BCUT2D eigenvalue weighted by Crippen LogP contribution is 2.38. The molecule has 10 heteroatoms. The molecular weight excluding hydrogens is 344 g/mol. The summed E-state index contributed by atoms with van der Waals surface area (Å²) in [6.07, 6.45) is 0. The third-order valence-electron chi connectivity index (χ3n) is 2.40. The number of sulfone groups is 1. The van der Waals surface area contributed by atoms with Gasteiger partial charge in [0.15, 0.2) is 0 Å². The van der Waals surface area contributed by atoms with Crippen molar-refractivity contribution in [2.24, 2.45) is 0 Å². The van der Waals surface area contributed by atoms with Crippen LogP contribution in [0.15, 0.2) is 49.7 Å². The van der Waals surface area contributed by atoms with Crippen LogP contribution >= 0.6 is 23.1 Å². The summed E-state index contributed by atoms with van der Waals surface area (Å²) >= 11 is 2.43. The highest BCUT2D eigenvalue weighted by molar-refractivity contribution is 8.01. The molecule has 0 radical (unpaired) electrons. The van der Waals surface area contributed by atoms with Crippen LogP contribution < -0.4 is 0 Å². The Kier molecular flexibility index (Phi) is 4.59. The lowest BCUT2D eigenvalue weighted by atomic mass is 10.3. The second-order valence-corrected chi connectivity index (χ2v) is 7.93. The van der Waals surface area contributed by atoms with E-state index < -0.39 is 31.1 Å². The van der Waals surface area contributed by atoms with Crippen LogP contribution in [-0.4, -0.2) is 19.1 Å². The third-order valence-corrected chi connectivity index (χ3v) is 5.88. The number of nitro benzene ring substituents is 1. The van der Waals surface area contributed by atoms with Gasteiger partial charge in [-0.1, -0.05) is 17.8 Å². The average molecular weight is 351 g/mol. The van der Waals surface area contributed by atoms with Crippen molar-refractivity contribution in [3.05, 3.63) is 45.8 Å². The van der Waals surface area contributed by atoms with Crippen molar-refractivity contribution in [2.45, 2.75) is 19.8 Å². The Labute approximate surface area is 126 Å². The molecule has 5 nitrogen and oxygen atoms in total. The van der Waals surface area contributed by atoms with E-state index in [-0.39, 0.29) is 4.90 Å². The van der Waals surface area contributed by atoms with Crippen LogP contribution in [-0.2, 0) is 9.84 Å². The zero-order valence-corrected chi connectivity index (χ0v) is 12.6. The van der Waals surface area contributed by atoms with Crippen LogP contribution in [0.2, 0.25) is 0 Å². The Morgan fingerprint density at radius 3 is 2.52 bits per heavy atom. The fourth-order valence-corrected chi connectivity index (χ4v) is 3.99. The van der Waals surface area contributed by atoms with Crippen LogP contribution in [0.1, 0.15) is 0 Å². The minimum absolute atomic E-state index is 0.190. The molecule has 0 N–H and O–H groups in total. The monoisotopic (exact) mass is 351 g/mol. The van der Waals surface area contributed by atoms with Crippen molar-refractivity contribution < 1.29 is 22.1 Å². The van der Waals surface area contributed by atoms with Gasteiger partial charge in [-0.3, -0.25) is 10.1 Å². The maximum absolute atomic E-state index is 12.5. The highest BCUT2D eigenvalue weighted by atomic mass is 32.2. The lowest BCUT2D eigenvalue weighted by Crippen LogP contribution is -2.11. The summed E-state index contributed by atoms with van der Waals surface area (Å²) in [5.74, 6) is -3.62. The number of benzene rings is 1. The van der Waals surface area contributed by atoms with Crippen molar-refractivity contribution in [3.8, 4) is 0 Å². The van der Waals surface area contributed by atoms with Gasteiger partial charge >= 0.3 is 5.76 Å². The standard InChI is InChI=1S/C11H7F2NO4S3/c12-11(13)21(17,18)7-3-4-9(8(6-7)14(15)16)20-10-2-1-5-19-10/h1-6,11H. The molecule has 1 aromatic carbocycles. The van der Waals surface area contributed by atoms with Gasteiger partial charge in [0.25, 0.3) is 5.69 Å². The number of alkyl halides is 2. The van der Waals surface area contributed by atoms with E-state index >= 15 is 0 Å². The van der Waals surface area contributed by atoms with Crippen molar-refractivity contribution in [3.63, 3.8) is 0 Å². The van der Waals surface area contributed by atoms with E-state index in [1.165, 1.54) is 11.3 Å². The Morgan fingerprint density at radius 2 is 2.00 bits per heavy atom. The molecule has 0 aliphatic carbocycles. The van der Waals surface area contributed by atoms with Crippen LogP contribution in [0.3, 0.4) is 0 Å². The van der Waals surface area contributed by atoms with Gasteiger partial charge in [-0.05, 0) is 23.6 Å². The zero-order valence-electron chi connectivity index (χ0n) is 10.1. The summed E-state index contributed by atoms with van der Waals surface area (Å²) in [7, 11) is -4.86. The quantitative estimate of drug-likeness (QED) is 0.605. The summed E-state index contributed by atoms with van der Waals surface area (Å²) in [6, 6.07) is 6.27. The summed E-state index contributed by atoms with van der Waals surface area (Å²) in [5.41, 5.74) is -0.518. The molecule has 0 amide bonds. The van der Waals surface area contributed by atoms with Gasteiger partial charge in [0.2, 0.25) is 9.84 Å². The van der Waals surface area contributed by atoms with Crippen LogP contribution in [0.5, 0.6) is 0 Å². The van der Waals surface area contributed by atoms with Crippen LogP contribution in [0.4, 0.5) is 14.5 Å². The van der Waals surface area contributed by atoms with Crippen molar-refractivity contribution in [1.29, 1.82) is 0 Å². The van der Waals surface area contributed by atoms with E-state index in [2.05, 4.69) is 0 Å². The van der Waals surface area contributed by atoms with E-state index in [4.69, 9.17) is 0 Å². The highest BCUT2D eigenvalue weighted by Gasteiger charge is 2.29. The molecule has 112 valence electrons. The number of rotatable bonds is 5. The summed E-state index contributed by atoms with van der Waals surface area (Å²) in [5, 5.41) is 12.8. The lowest BCUT2D eigenvalue weighted by Gasteiger charge is -2.05. The SMILES string of the molecule is O=[N+]([O-])c1cc(S(=O)(=O)C(F)F)ccc1Sc1cccs1. The predicted octanol–water partition coefficient (Wildman–Crippen LogP) is 3.80. The fraction of sp³-hybridized carbons (Fsp3) is 0.0909. The van der Waals surface area contributed by atoms with E-state index in [1.54, 1.807) is 17.5 Å². The molecule has 0 aliphatic heterocycles. The topological polar surface area (TPSA) is 77.3 Å². The van der Waals surface area contributed by atoms with Gasteiger partial charge < -0.3 is 0 Å². The first-order valence-electron chi connectivity index (χ1n) is 5.34. The first-order valence-corrected chi connectivity index (χ1v) is 8.58. The summed E-state index contributed by atoms with van der Waals surface area (Å²) in [4.78, 5) is 9.65. The Morgan fingerprint density at radius 1 is 1.29 bits per heavy atom. The molecule has 0 atom stereocenters. The number of halogens is 2. The second-order valence-electron chi connectivity index (χ2n) is 3.73. The Balaban J connectivity index is 2.48. The second kappa shape index (κ2) is 6.08. The summed E-state index contributed by atoms with van der Waals surface area (Å²) in [6.45, 7) is 0. The molecule has 0 unspecified atom stereocenters. The van der Waals surface area contributed by atoms with Crippen molar-refractivity contribution in [2.75, 3.05) is 0 Å². The molecular formula is C11H7F2NO4S3. The van der Waals surface area contributed by atoms with Gasteiger partial charge in [-0.25, -0.2) is 8.42 Å². The first-order chi connectivity index (χ1) is 9.82. The molecule has 0 aliphatic rings. The number of hydrogen-bond acceptors (Lipinski definition) is 6. The fourth-order valence-electron chi connectivity index (χ4n) is 1.44. The molecule has 0 spiro atoms. The maximum atomic E-state index is 12.5. The van der Waals surface area contributed by atoms with Gasteiger partial charge in [0.1, 0.15) is 0 Å². The van der Waals surface area contributed by atoms with E-state index in [0.717, 1.165) is 28.1 Å². The first kappa shape index (κ1) is 15.9. The molecule has 0 saturated heterocycles. The van der Waals surface area contributed by atoms with Gasteiger partial charge in [-0.2, -0.15) is 8.78 Å². The normalized spacial score (nSPS) is 11.8. The maximum Gasteiger partial charge on any atom is 0.341 e. The minimum Gasteiger partial charge on any atom is -0.258 e.